The van der Waals surface area contributed by atoms with Crippen LogP contribution >= 0.6 is 0 Å². The van der Waals surface area contributed by atoms with Crippen LogP contribution in [0.1, 0.15) is 76.2 Å². The predicted molar refractivity (Wildman–Crippen MR) is 97.2 cm³/mol. The molecule has 0 fully saturated rings. The number of unbranched alkanes of at least 4 members (excludes halogenated alkanes) is 10. The Morgan fingerprint density at radius 2 is 1.18 bits per heavy atom. The first-order valence-electron chi connectivity index (χ1n) is 9.23. The molecule has 1 nitrogen and oxygen atoms in total. The zero-order valence-corrected chi connectivity index (χ0v) is 14.2. The SMILES string of the molecule is OCCCCCCCCCCCCC=CCc1ccccc1. The summed E-state index contributed by atoms with van der Waals surface area (Å²) >= 11 is 0. The lowest BCUT2D eigenvalue weighted by molar-refractivity contribution is 0.282. The molecular weight excluding hydrogens is 268 g/mol. The Balaban J connectivity index is 1.80. The average Bonchev–Trinajstić information content (AvgIpc) is 2.56. The van der Waals surface area contributed by atoms with E-state index >= 15 is 0 Å². The van der Waals surface area contributed by atoms with Crippen LogP contribution in [0, 0.1) is 0 Å². The number of rotatable bonds is 14. The molecule has 0 saturated carbocycles. The van der Waals surface area contributed by atoms with Crippen LogP contribution in [0.25, 0.3) is 0 Å². The molecule has 1 aromatic rings. The van der Waals surface area contributed by atoms with Crippen LogP contribution in [0.15, 0.2) is 42.5 Å². The summed E-state index contributed by atoms with van der Waals surface area (Å²) in [5.74, 6) is 0. The van der Waals surface area contributed by atoms with E-state index in [0.29, 0.717) is 6.61 Å². The molecule has 22 heavy (non-hydrogen) atoms. The molecule has 0 spiro atoms. The summed E-state index contributed by atoms with van der Waals surface area (Å²) in [5, 5.41) is 8.70. The van der Waals surface area contributed by atoms with Crippen molar-refractivity contribution in [2.45, 2.75) is 77.0 Å². The Kier molecular flexibility index (Phi) is 12.8. The fourth-order valence-corrected chi connectivity index (χ4v) is 2.74. The Bertz CT molecular complexity index is 355. The second-order valence-electron chi connectivity index (χ2n) is 6.21. The summed E-state index contributed by atoms with van der Waals surface area (Å²) < 4.78 is 0. The van der Waals surface area contributed by atoms with E-state index in [1.54, 1.807) is 0 Å². The summed E-state index contributed by atoms with van der Waals surface area (Å²) in [6.07, 6.45) is 20.0. The van der Waals surface area contributed by atoms with Crippen molar-refractivity contribution in [2.75, 3.05) is 6.61 Å². The van der Waals surface area contributed by atoms with Gasteiger partial charge in [0, 0.05) is 6.61 Å². The topological polar surface area (TPSA) is 20.2 Å². The molecule has 0 aliphatic heterocycles. The molecule has 1 aromatic carbocycles. The standard InChI is InChI=1S/C21H34O/c22-20-16-11-9-7-5-3-1-2-4-6-8-10-13-17-21-18-14-12-15-19-21/h10,12-15,18-19,22H,1-9,11,16-17,20H2. The van der Waals surface area contributed by atoms with Gasteiger partial charge in [-0.15, -0.1) is 0 Å². The lowest BCUT2D eigenvalue weighted by Gasteiger charge is -2.01. The molecule has 0 aliphatic carbocycles. The van der Waals surface area contributed by atoms with Gasteiger partial charge in [0.25, 0.3) is 0 Å². The third kappa shape index (κ3) is 11.6. The van der Waals surface area contributed by atoms with Crippen LogP contribution < -0.4 is 0 Å². The molecule has 1 rings (SSSR count). The molecule has 0 unspecified atom stereocenters. The van der Waals surface area contributed by atoms with E-state index in [4.69, 9.17) is 5.11 Å². The average molecular weight is 303 g/mol. The number of hydrogen-bond acceptors (Lipinski definition) is 1. The van der Waals surface area contributed by atoms with Crippen molar-refractivity contribution in [1.82, 2.24) is 0 Å². The third-order valence-electron chi connectivity index (χ3n) is 4.14. The maximum Gasteiger partial charge on any atom is 0.0431 e. The number of benzene rings is 1. The van der Waals surface area contributed by atoms with Crippen LogP contribution in [0.2, 0.25) is 0 Å². The van der Waals surface area contributed by atoms with E-state index in [1.165, 1.54) is 69.8 Å². The van der Waals surface area contributed by atoms with Gasteiger partial charge in [-0.05, 0) is 31.2 Å². The largest absolute Gasteiger partial charge is 0.396 e. The number of allylic oxidation sites excluding steroid dienone is 2. The summed E-state index contributed by atoms with van der Waals surface area (Å²) in [5.41, 5.74) is 1.40. The molecule has 1 heteroatoms. The first-order valence-corrected chi connectivity index (χ1v) is 9.23. The van der Waals surface area contributed by atoms with E-state index < -0.39 is 0 Å². The summed E-state index contributed by atoms with van der Waals surface area (Å²) in [4.78, 5) is 0. The van der Waals surface area contributed by atoms with Crippen molar-refractivity contribution in [3.05, 3.63) is 48.0 Å². The van der Waals surface area contributed by atoms with Crippen molar-refractivity contribution >= 4 is 0 Å². The Morgan fingerprint density at radius 3 is 1.77 bits per heavy atom. The Labute approximate surface area is 137 Å². The zero-order valence-electron chi connectivity index (χ0n) is 14.2. The second kappa shape index (κ2) is 14.8. The zero-order chi connectivity index (χ0) is 15.7. The van der Waals surface area contributed by atoms with Crippen LogP contribution in [0.3, 0.4) is 0 Å². The van der Waals surface area contributed by atoms with E-state index in [9.17, 15) is 0 Å². The molecule has 124 valence electrons. The van der Waals surface area contributed by atoms with Gasteiger partial charge in [-0.2, -0.15) is 0 Å². The summed E-state index contributed by atoms with van der Waals surface area (Å²) in [6.45, 7) is 0.361. The van der Waals surface area contributed by atoms with E-state index in [-0.39, 0.29) is 0 Å². The maximum atomic E-state index is 8.70. The minimum Gasteiger partial charge on any atom is -0.396 e. The molecule has 0 bridgehead atoms. The first-order chi connectivity index (χ1) is 10.9. The van der Waals surface area contributed by atoms with Gasteiger partial charge in [-0.3, -0.25) is 0 Å². The minimum absolute atomic E-state index is 0.361. The fraction of sp³-hybridized carbons (Fsp3) is 0.619. The highest BCUT2D eigenvalue weighted by atomic mass is 16.2. The van der Waals surface area contributed by atoms with Crippen molar-refractivity contribution in [1.29, 1.82) is 0 Å². The van der Waals surface area contributed by atoms with Crippen molar-refractivity contribution < 1.29 is 5.11 Å². The van der Waals surface area contributed by atoms with E-state index in [1.807, 2.05) is 0 Å². The highest BCUT2D eigenvalue weighted by Crippen LogP contribution is 2.11. The maximum absolute atomic E-state index is 8.70. The highest BCUT2D eigenvalue weighted by Gasteiger charge is 1.92. The van der Waals surface area contributed by atoms with Gasteiger partial charge in [0.2, 0.25) is 0 Å². The number of hydrogen-bond donors (Lipinski definition) is 1. The van der Waals surface area contributed by atoms with E-state index in [0.717, 1.165) is 12.8 Å². The molecule has 0 saturated heterocycles. The van der Waals surface area contributed by atoms with Crippen molar-refractivity contribution in [2.24, 2.45) is 0 Å². The van der Waals surface area contributed by atoms with Gasteiger partial charge in [0.1, 0.15) is 0 Å². The van der Waals surface area contributed by atoms with Gasteiger partial charge >= 0.3 is 0 Å². The van der Waals surface area contributed by atoms with Crippen LogP contribution in [0.5, 0.6) is 0 Å². The van der Waals surface area contributed by atoms with Gasteiger partial charge in [0.15, 0.2) is 0 Å². The fourth-order valence-electron chi connectivity index (χ4n) is 2.74. The number of aliphatic hydroxyl groups is 1. The van der Waals surface area contributed by atoms with Crippen molar-refractivity contribution in [3.63, 3.8) is 0 Å². The Hall–Kier alpha value is -1.08. The molecule has 0 radical (unpaired) electrons. The third-order valence-corrected chi connectivity index (χ3v) is 4.14. The quantitative estimate of drug-likeness (QED) is 0.327. The monoisotopic (exact) mass is 302 g/mol. The van der Waals surface area contributed by atoms with Gasteiger partial charge in [-0.1, -0.05) is 93.9 Å². The molecule has 0 atom stereocenters. The molecule has 0 heterocycles. The first kappa shape index (κ1) is 19.0. The highest BCUT2D eigenvalue weighted by molar-refractivity contribution is 5.17. The molecule has 1 N–H and O–H groups in total. The minimum atomic E-state index is 0.361. The van der Waals surface area contributed by atoms with Crippen molar-refractivity contribution in [3.8, 4) is 0 Å². The predicted octanol–water partition coefficient (Wildman–Crippen LogP) is 6.07. The van der Waals surface area contributed by atoms with Gasteiger partial charge in [0.05, 0.1) is 0 Å². The normalized spacial score (nSPS) is 11.3. The molecule has 0 aromatic heterocycles. The molecule has 0 amide bonds. The van der Waals surface area contributed by atoms with Crippen LogP contribution in [-0.2, 0) is 6.42 Å². The second-order valence-corrected chi connectivity index (χ2v) is 6.21. The molecular formula is C21H34O. The van der Waals surface area contributed by atoms with Crippen LogP contribution in [-0.4, -0.2) is 11.7 Å². The number of aliphatic hydroxyl groups excluding tert-OH is 1. The van der Waals surface area contributed by atoms with Crippen LogP contribution in [0.4, 0.5) is 0 Å². The lowest BCUT2D eigenvalue weighted by atomic mass is 10.1. The van der Waals surface area contributed by atoms with E-state index in [2.05, 4.69) is 42.5 Å². The summed E-state index contributed by atoms with van der Waals surface area (Å²) in [7, 11) is 0. The molecule has 0 aliphatic rings. The lowest BCUT2D eigenvalue weighted by Crippen LogP contribution is -1.84. The van der Waals surface area contributed by atoms with Gasteiger partial charge < -0.3 is 5.11 Å². The Morgan fingerprint density at radius 1 is 0.636 bits per heavy atom. The smallest absolute Gasteiger partial charge is 0.0431 e. The van der Waals surface area contributed by atoms with Gasteiger partial charge in [-0.25, -0.2) is 0 Å². The summed E-state index contributed by atoms with van der Waals surface area (Å²) in [6, 6.07) is 10.7.